The van der Waals surface area contributed by atoms with Crippen LogP contribution in [0.5, 0.6) is 0 Å². The van der Waals surface area contributed by atoms with E-state index in [1.165, 1.54) is 6.07 Å². The summed E-state index contributed by atoms with van der Waals surface area (Å²) in [5, 5.41) is 12.4. The number of hydrogen-bond acceptors (Lipinski definition) is 4. The highest BCUT2D eigenvalue weighted by molar-refractivity contribution is 5.95. The van der Waals surface area contributed by atoms with E-state index in [9.17, 15) is 14.3 Å². The predicted molar refractivity (Wildman–Crippen MR) is 117 cm³/mol. The lowest BCUT2D eigenvalue weighted by Gasteiger charge is -2.48. The van der Waals surface area contributed by atoms with Crippen LogP contribution in [-0.2, 0) is 5.60 Å². The van der Waals surface area contributed by atoms with E-state index in [1.807, 2.05) is 30.3 Å². The van der Waals surface area contributed by atoms with Gasteiger partial charge in [-0.3, -0.25) is 9.69 Å². The van der Waals surface area contributed by atoms with Crippen LogP contribution in [-0.4, -0.2) is 58.0 Å². The molecule has 2 fully saturated rings. The minimum Gasteiger partial charge on any atom is -0.383 e. The zero-order chi connectivity index (χ0) is 21.4. The van der Waals surface area contributed by atoms with E-state index < -0.39 is 11.4 Å². The number of para-hydroxylation sites is 1. The predicted octanol–water partition coefficient (Wildman–Crippen LogP) is 3.57. The van der Waals surface area contributed by atoms with Crippen LogP contribution >= 0.6 is 0 Å². The first-order valence-electron chi connectivity index (χ1n) is 10.9. The summed E-state index contributed by atoms with van der Waals surface area (Å²) in [4.78, 5) is 21.7. The molecule has 6 heteroatoms. The Kier molecular flexibility index (Phi) is 5.20. The van der Waals surface area contributed by atoms with Gasteiger partial charge in [0, 0.05) is 18.5 Å². The van der Waals surface area contributed by atoms with Crippen molar-refractivity contribution in [1.82, 2.24) is 14.8 Å². The van der Waals surface area contributed by atoms with Crippen molar-refractivity contribution in [2.24, 2.45) is 0 Å². The molecule has 5 rings (SSSR count). The van der Waals surface area contributed by atoms with Gasteiger partial charge in [-0.15, -0.1) is 0 Å². The number of nitrogens with zero attached hydrogens (tertiary/aromatic N) is 3. The van der Waals surface area contributed by atoms with Crippen molar-refractivity contribution in [2.75, 3.05) is 26.2 Å². The highest BCUT2D eigenvalue weighted by Crippen LogP contribution is 2.37. The number of benzene rings is 2. The second-order valence-electron chi connectivity index (χ2n) is 8.56. The van der Waals surface area contributed by atoms with E-state index >= 15 is 0 Å². The number of fused-ring (bicyclic) bond motifs is 1. The molecular weight excluding hydrogens is 393 g/mol. The van der Waals surface area contributed by atoms with Crippen LogP contribution in [0.1, 0.15) is 35.3 Å². The van der Waals surface area contributed by atoms with E-state index in [-0.39, 0.29) is 23.2 Å². The monoisotopic (exact) mass is 419 g/mol. The van der Waals surface area contributed by atoms with E-state index in [1.54, 1.807) is 29.2 Å². The molecule has 0 unspecified atom stereocenters. The zero-order valence-corrected chi connectivity index (χ0v) is 17.4. The number of carbonyl (C=O) groups excluding carboxylic acids is 1. The molecule has 2 aliphatic heterocycles. The molecule has 2 saturated heterocycles. The fourth-order valence-corrected chi connectivity index (χ4v) is 5.03. The van der Waals surface area contributed by atoms with Crippen LogP contribution in [0.2, 0.25) is 0 Å². The molecule has 3 heterocycles. The Morgan fingerprint density at radius 2 is 1.77 bits per heavy atom. The van der Waals surface area contributed by atoms with Gasteiger partial charge in [0.05, 0.1) is 6.04 Å². The first-order chi connectivity index (χ1) is 15.1. The maximum atomic E-state index is 14.2. The number of pyridine rings is 1. The normalized spacial score (nSPS) is 24.6. The number of halogens is 1. The molecule has 31 heavy (non-hydrogen) atoms. The van der Waals surface area contributed by atoms with Gasteiger partial charge >= 0.3 is 0 Å². The Morgan fingerprint density at radius 3 is 2.55 bits per heavy atom. The molecule has 2 aliphatic rings. The number of rotatable bonds is 3. The molecule has 1 N–H and O–H groups in total. The average molecular weight is 420 g/mol. The number of piperidine rings is 1. The van der Waals surface area contributed by atoms with Gasteiger partial charge in [0.15, 0.2) is 0 Å². The molecule has 1 amide bonds. The number of amides is 1. The summed E-state index contributed by atoms with van der Waals surface area (Å²) in [6.45, 7) is 2.68. The van der Waals surface area contributed by atoms with E-state index in [4.69, 9.17) is 0 Å². The minimum absolute atomic E-state index is 0.188. The molecule has 2 aromatic carbocycles. The fraction of sp³-hybridized carbons (Fsp3) is 0.360. The number of aromatic nitrogens is 1. The second kappa shape index (κ2) is 8.02. The summed E-state index contributed by atoms with van der Waals surface area (Å²) in [5.41, 5.74) is 0.334. The van der Waals surface area contributed by atoms with Gasteiger partial charge < -0.3 is 10.0 Å². The number of likely N-dealkylation sites (tertiary alicyclic amines) is 2. The quantitative estimate of drug-likeness (QED) is 0.705. The fourth-order valence-electron chi connectivity index (χ4n) is 5.03. The van der Waals surface area contributed by atoms with Gasteiger partial charge in [-0.25, -0.2) is 9.37 Å². The van der Waals surface area contributed by atoms with Crippen molar-refractivity contribution in [3.63, 3.8) is 0 Å². The SMILES string of the molecule is O=C(c1ccc2cccc(F)c2n1)N1CC[C@](O)(c2ccccc2)[C@H](N2CCCC2)C1. The molecule has 0 saturated carbocycles. The van der Waals surface area contributed by atoms with Crippen LogP contribution in [0.3, 0.4) is 0 Å². The molecule has 2 atom stereocenters. The smallest absolute Gasteiger partial charge is 0.272 e. The third-order valence-electron chi connectivity index (χ3n) is 6.74. The van der Waals surface area contributed by atoms with Crippen LogP contribution in [0.25, 0.3) is 10.9 Å². The van der Waals surface area contributed by atoms with Crippen LogP contribution < -0.4 is 0 Å². The molecule has 5 nitrogen and oxygen atoms in total. The maximum absolute atomic E-state index is 14.2. The van der Waals surface area contributed by atoms with Crippen LogP contribution in [0.15, 0.2) is 60.7 Å². The van der Waals surface area contributed by atoms with Gasteiger partial charge in [0.2, 0.25) is 0 Å². The largest absolute Gasteiger partial charge is 0.383 e. The Morgan fingerprint density at radius 1 is 1.00 bits per heavy atom. The highest BCUT2D eigenvalue weighted by atomic mass is 19.1. The highest BCUT2D eigenvalue weighted by Gasteiger charge is 2.47. The van der Waals surface area contributed by atoms with Gasteiger partial charge in [-0.05, 0) is 50.0 Å². The number of carbonyl (C=O) groups is 1. The minimum atomic E-state index is -1.01. The van der Waals surface area contributed by atoms with Crippen LogP contribution in [0, 0.1) is 5.82 Å². The lowest BCUT2D eigenvalue weighted by molar-refractivity contribution is -0.0878. The van der Waals surface area contributed by atoms with Gasteiger partial charge in [0.1, 0.15) is 22.6 Å². The van der Waals surface area contributed by atoms with E-state index in [0.717, 1.165) is 31.5 Å². The molecular formula is C25H26FN3O2. The van der Waals surface area contributed by atoms with Gasteiger partial charge in [0.25, 0.3) is 5.91 Å². The number of hydrogen-bond donors (Lipinski definition) is 1. The molecule has 1 aromatic heterocycles. The second-order valence-corrected chi connectivity index (χ2v) is 8.56. The first-order valence-corrected chi connectivity index (χ1v) is 10.9. The third kappa shape index (κ3) is 3.60. The maximum Gasteiger partial charge on any atom is 0.272 e. The average Bonchev–Trinajstić information content (AvgIpc) is 3.34. The van der Waals surface area contributed by atoms with Crippen molar-refractivity contribution in [1.29, 1.82) is 0 Å². The van der Waals surface area contributed by atoms with Crippen molar-refractivity contribution >= 4 is 16.8 Å². The number of aliphatic hydroxyl groups is 1. The summed E-state index contributed by atoms with van der Waals surface area (Å²) in [6, 6.07) is 17.7. The van der Waals surface area contributed by atoms with E-state index in [0.29, 0.717) is 24.9 Å². The summed E-state index contributed by atoms with van der Waals surface area (Å²) < 4.78 is 14.2. The standard InChI is InChI=1S/C25H26FN3O2/c26-20-10-6-7-18-11-12-21(27-23(18)20)24(30)29-16-13-25(31,19-8-2-1-3-9-19)22(17-29)28-14-4-5-15-28/h1-3,6-12,22,31H,4-5,13-17H2/t22-,25+/m1/s1. The summed E-state index contributed by atoms with van der Waals surface area (Å²) in [6.07, 6.45) is 2.65. The first kappa shape index (κ1) is 20.1. The zero-order valence-electron chi connectivity index (χ0n) is 17.4. The molecule has 0 spiro atoms. The van der Waals surface area contributed by atoms with Crippen molar-refractivity contribution in [2.45, 2.75) is 30.9 Å². The van der Waals surface area contributed by atoms with Crippen molar-refractivity contribution in [3.8, 4) is 0 Å². The Bertz CT molecular complexity index is 1100. The molecule has 160 valence electrons. The van der Waals surface area contributed by atoms with Gasteiger partial charge in [-0.2, -0.15) is 0 Å². The Labute approximate surface area is 181 Å². The van der Waals surface area contributed by atoms with Crippen molar-refractivity contribution in [3.05, 3.63) is 77.7 Å². The topological polar surface area (TPSA) is 56.7 Å². The molecule has 3 aromatic rings. The molecule has 0 radical (unpaired) electrons. The third-order valence-corrected chi connectivity index (χ3v) is 6.74. The lowest BCUT2D eigenvalue weighted by Crippen LogP contribution is -2.61. The molecule has 0 aliphatic carbocycles. The van der Waals surface area contributed by atoms with Crippen molar-refractivity contribution < 1.29 is 14.3 Å². The lowest BCUT2D eigenvalue weighted by atomic mass is 9.79. The summed E-state index contributed by atoms with van der Waals surface area (Å²) >= 11 is 0. The summed E-state index contributed by atoms with van der Waals surface area (Å²) in [5.74, 6) is -0.649. The molecule has 0 bridgehead atoms. The Hall–Kier alpha value is -2.83. The van der Waals surface area contributed by atoms with Gasteiger partial charge in [-0.1, -0.05) is 48.5 Å². The van der Waals surface area contributed by atoms with Crippen LogP contribution in [0.4, 0.5) is 4.39 Å². The summed E-state index contributed by atoms with van der Waals surface area (Å²) in [7, 11) is 0. The van der Waals surface area contributed by atoms with E-state index in [2.05, 4.69) is 9.88 Å². The Balaban J connectivity index is 1.45.